The Morgan fingerprint density at radius 3 is 2.43 bits per heavy atom. The summed E-state index contributed by atoms with van der Waals surface area (Å²) in [4.78, 5) is 17.6. The normalized spacial score (nSPS) is 16.9. The van der Waals surface area contributed by atoms with Crippen LogP contribution in [0.4, 0.5) is 0 Å². The SMILES string of the molecule is CC(NC(=O)CN(Cc1ccccc1)C(C)CN1CCOCC1)c1ccc(Cl)cc1. The number of hydrogen-bond acceptors (Lipinski definition) is 4. The molecule has 1 aliphatic rings. The van der Waals surface area contributed by atoms with E-state index in [9.17, 15) is 4.79 Å². The Kier molecular flexibility index (Phi) is 8.70. The molecule has 0 aromatic heterocycles. The van der Waals surface area contributed by atoms with Gasteiger partial charge in [-0.25, -0.2) is 0 Å². The Morgan fingerprint density at radius 2 is 1.77 bits per heavy atom. The van der Waals surface area contributed by atoms with Crippen LogP contribution in [0.25, 0.3) is 0 Å². The average Bonchev–Trinajstić information content (AvgIpc) is 2.75. The van der Waals surface area contributed by atoms with Crippen LogP contribution in [0.2, 0.25) is 5.02 Å². The Balaban J connectivity index is 1.62. The fourth-order valence-corrected chi connectivity index (χ4v) is 3.89. The molecule has 6 heteroatoms. The predicted octanol–water partition coefficient (Wildman–Crippen LogP) is 3.74. The third-order valence-electron chi connectivity index (χ3n) is 5.57. The highest BCUT2D eigenvalue weighted by Gasteiger charge is 2.22. The molecule has 0 radical (unpaired) electrons. The lowest BCUT2D eigenvalue weighted by molar-refractivity contribution is -0.123. The van der Waals surface area contributed by atoms with Gasteiger partial charge in [-0.3, -0.25) is 14.6 Å². The Hall–Kier alpha value is -1.92. The molecule has 2 aromatic carbocycles. The van der Waals surface area contributed by atoms with Crippen LogP contribution in [-0.4, -0.2) is 61.1 Å². The molecule has 0 bridgehead atoms. The third kappa shape index (κ3) is 7.10. The molecule has 2 unspecified atom stereocenters. The van der Waals surface area contributed by atoms with E-state index in [1.807, 2.05) is 49.4 Å². The minimum Gasteiger partial charge on any atom is -0.379 e. The first-order valence-corrected chi connectivity index (χ1v) is 11.0. The molecule has 3 rings (SSSR count). The van der Waals surface area contributed by atoms with E-state index < -0.39 is 0 Å². The minimum absolute atomic E-state index is 0.0298. The van der Waals surface area contributed by atoms with Gasteiger partial charge in [0.05, 0.1) is 25.8 Å². The van der Waals surface area contributed by atoms with Gasteiger partial charge in [-0.1, -0.05) is 54.1 Å². The van der Waals surface area contributed by atoms with E-state index in [1.54, 1.807) is 0 Å². The summed E-state index contributed by atoms with van der Waals surface area (Å²) >= 11 is 5.98. The van der Waals surface area contributed by atoms with Crippen molar-refractivity contribution in [3.8, 4) is 0 Å². The number of carbonyl (C=O) groups is 1. The van der Waals surface area contributed by atoms with Crippen LogP contribution < -0.4 is 5.32 Å². The fourth-order valence-electron chi connectivity index (χ4n) is 3.76. The van der Waals surface area contributed by atoms with Gasteiger partial charge >= 0.3 is 0 Å². The summed E-state index contributed by atoms with van der Waals surface area (Å²) in [6.07, 6.45) is 0. The smallest absolute Gasteiger partial charge is 0.234 e. The van der Waals surface area contributed by atoms with Crippen molar-refractivity contribution < 1.29 is 9.53 Å². The maximum Gasteiger partial charge on any atom is 0.234 e. The molecule has 0 spiro atoms. The van der Waals surface area contributed by atoms with Crippen LogP contribution in [0.15, 0.2) is 54.6 Å². The van der Waals surface area contributed by atoms with Gasteiger partial charge in [0.2, 0.25) is 5.91 Å². The van der Waals surface area contributed by atoms with Crippen molar-refractivity contribution in [2.75, 3.05) is 39.4 Å². The van der Waals surface area contributed by atoms with E-state index in [4.69, 9.17) is 16.3 Å². The number of hydrogen-bond donors (Lipinski definition) is 1. The number of morpholine rings is 1. The molecule has 0 aliphatic carbocycles. The van der Waals surface area contributed by atoms with Crippen molar-refractivity contribution in [1.82, 2.24) is 15.1 Å². The van der Waals surface area contributed by atoms with Crippen LogP contribution in [0.5, 0.6) is 0 Å². The lowest BCUT2D eigenvalue weighted by atomic mass is 10.1. The molecule has 1 N–H and O–H groups in total. The largest absolute Gasteiger partial charge is 0.379 e. The fraction of sp³-hybridized carbons (Fsp3) is 0.458. The maximum absolute atomic E-state index is 12.9. The summed E-state index contributed by atoms with van der Waals surface area (Å²) < 4.78 is 5.47. The Labute approximate surface area is 185 Å². The minimum atomic E-state index is -0.0668. The molecule has 1 heterocycles. The van der Waals surface area contributed by atoms with Crippen LogP contribution >= 0.6 is 11.6 Å². The zero-order valence-electron chi connectivity index (χ0n) is 17.9. The maximum atomic E-state index is 12.9. The van der Waals surface area contributed by atoms with E-state index in [2.05, 4.69) is 34.2 Å². The van der Waals surface area contributed by atoms with Crippen LogP contribution in [0.1, 0.15) is 31.0 Å². The van der Waals surface area contributed by atoms with E-state index in [0.29, 0.717) is 11.6 Å². The Morgan fingerprint density at radius 1 is 1.10 bits per heavy atom. The van der Waals surface area contributed by atoms with Gasteiger partial charge in [0.1, 0.15) is 0 Å². The number of ether oxygens (including phenoxy) is 1. The number of benzene rings is 2. The zero-order chi connectivity index (χ0) is 21.3. The molecular weight excluding hydrogens is 398 g/mol. The van der Waals surface area contributed by atoms with E-state index in [1.165, 1.54) is 5.56 Å². The van der Waals surface area contributed by atoms with E-state index >= 15 is 0 Å². The van der Waals surface area contributed by atoms with Crippen LogP contribution in [0, 0.1) is 0 Å². The number of halogens is 1. The molecule has 1 amide bonds. The summed E-state index contributed by atoms with van der Waals surface area (Å²) in [5.41, 5.74) is 2.26. The van der Waals surface area contributed by atoms with E-state index in [-0.39, 0.29) is 18.0 Å². The number of carbonyl (C=O) groups excluding carboxylic acids is 1. The van der Waals surface area contributed by atoms with Crippen molar-refractivity contribution in [2.24, 2.45) is 0 Å². The van der Waals surface area contributed by atoms with Gasteiger partial charge in [-0.15, -0.1) is 0 Å². The lowest BCUT2D eigenvalue weighted by Gasteiger charge is -2.35. The molecule has 1 aliphatic heterocycles. The second-order valence-corrected chi connectivity index (χ2v) is 8.43. The highest BCUT2D eigenvalue weighted by molar-refractivity contribution is 6.30. The number of rotatable bonds is 9. The van der Waals surface area contributed by atoms with Crippen molar-refractivity contribution in [3.63, 3.8) is 0 Å². The first-order valence-electron chi connectivity index (χ1n) is 10.6. The molecule has 1 saturated heterocycles. The average molecular weight is 430 g/mol. The molecule has 2 atom stereocenters. The van der Waals surface area contributed by atoms with Crippen molar-refractivity contribution in [1.29, 1.82) is 0 Å². The number of nitrogens with one attached hydrogen (secondary N) is 1. The van der Waals surface area contributed by atoms with Crippen molar-refractivity contribution in [3.05, 3.63) is 70.7 Å². The molecule has 2 aromatic rings. The first kappa shape index (κ1) is 22.8. The summed E-state index contributed by atoms with van der Waals surface area (Å²) in [5.74, 6) is 0.0298. The zero-order valence-corrected chi connectivity index (χ0v) is 18.6. The first-order chi connectivity index (χ1) is 14.5. The topological polar surface area (TPSA) is 44.8 Å². The summed E-state index contributed by atoms with van der Waals surface area (Å²) in [5, 5.41) is 3.83. The highest BCUT2D eigenvalue weighted by Crippen LogP contribution is 2.16. The van der Waals surface area contributed by atoms with Crippen LogP contribution in [-0.2, 0) is 16.1 Å². The summed E-state index contributed by atoms with van der Waals surface area (Å²) in [7, 11) is 0. The lowest BCUT2D eigenvalue weighted by Crippen LogP contribution is -2.48. The molecule has 30 heavy (non-hydrogen) atoms. The summed E-state index contributed by atoms with van der Waals surface area (Å²) in [6, 6.07) is 18.1. The van der Waals surface area contributed by atoms with Crippen molar-refractivity contribution in [2.45, 2.75) is 32.5 Å². The van der Waals surface area contributed by atoms with Gasteiger partial charge in [0, 0.05) is 37.2 Å². The molecular formula is C24H32ClN3O2. The highest BCUT2D eigenvalue weighted by atomic mass is 35.5. The van der Waals surface area contributed by atoms with Gasteiger partial charge in [0.15, 0.2) is 0 Å². The van der Waals surface area contributed by atoms with Gasteiger partial charge in [0.25, 0.3) is 0 Å². The molecule has 0 saturated carbocycles. The number of amides is 1. The van der Waals surface area contributed by atoms with Crippen LogP contribution in [0.3, 0.4) is 0 Å². The number of nitrogens with zero attached hydrogens (tertiary/aromatic N) is 2. The molecule has 1 fully saturated rings. The monoisotopic (exact) mass is 429 g/mol. The van der Waals surface area contributed by atoms with E-state index in [0.717, 1.165) is 45.0 Å². The predicted molar refractivity (Wildman–Crippen MR) is 122 cm³/mol. The second kappa shape index (κ2) is 11.5. The molecule has 5 nitrogen and oxygen atoms in total. The van der Waals surface area contributed by atoms with Crippen molar-refractivity contribution >= 4 is 17.5 Å². The van der Waals surface area contributed by atoms with Gasteiger partial charge in [-0.05, 0) is 37.1 Å². The quantitative estimate of drug-likeness (QED) is 0.659. The summed E-state index contributed by atoms with van der Waals surface area (Å²) in [6.45, 7) is 9.69. The van der Waals surface area contributed by atoms with Gasteiger partial charge in [-0.2, -0.15) is 0 Å². The standard InChI is InChI=1S/C24H32ClN3O2/c1-19(16-27-12-14-30-15-13-27)28(17-21-6-4-3-5-7-21)18-24(29)26-20(2)22-8-10-23(25)11-9-22/h3-11,19-20H,12-18H2,1-2H3,(H,26,29). The second-order valence-electron chi connectivity index (χ2n) is 7.99. The molecule has 162 valence electrons. The Bertz CT molecular complexity index is 779. The van der Waals surface area contributed by atoms with Gasteiger partial charge < -0.3 is 10.1 Å². The third-order valence-corrected chi connectivity index (χ3v) is 5.82.